The molecular formula is C13H24N2O2S2. The molecule has 2 aliphatic rings. The lowest BCUT2D eigenvalue weighted by Crippen LogP contribution is -2.38. The monoisotopic (exact) mass is 304 g/mol. The van der Waals surface area contributed by atoms with Gasteiger partial charge in [0.15, 0.2) is 15.0 Å². The summed E-state index contributed by atoms with van der Waals surface area (Å²) in [5.74, 6) is 1.56. The number of sulfone groups is 1. The van der Waals surface area contributed by atoms with Crippen LogP contribution in [0.5, 0.6) is 0 Å². The molecule has 0 bridgehead atoms. The highest BCUT2D eigenvalue weighted by Gasteiger charge is 2.34. The van der Waals surface area contributed by atoms with Crippen molar-refractivity contribution in [3.05, 3.63) is 0 Å². The molecule has 4 nitrogen and oxygen atoms in total. The number of amidine groups is 1. The molecule has 0 saturated heterocycles. The van der Waals surface area contributed by atoms with Crippen LogP contribution in [0.1, 0.15) is 39.0 Å². The Morgan fingerprint density at radius 2 is 2.05 bits per heavy atom. The molecule has 6 heteroatoms. The standard InChI is InChI=1S/C13H24N2O2S2/c1-2-19(16,17)9-8-14-12-15-10-13(11-18-12)6-4-3-5-7-13/h2-11H2,1H3,(H,14,15). The number of hydrogen-bond donors (Lipinski definition) is 1. The van der Waals surface area contributed by atoms with E-state index in [1.807, 2.05) is 0 Å². The maximum atomic E-state index is 11.4. The predicted molar refractivity (Wildman–Crippen MR) is 82.6 cm³/mol. The summed E-state index contributed by atoms with van der Waals surface area (Å²) in [7, 11) is -2.87. The summed E-state index contributed by atoms with van der Waals surface area (Å²) >= 11 is 1.77. The van der Waals surface area contributed by atoms with E-state index in [9.17, 15) is 8.42 Å². The molecule has 1 heterocycles. The summed E-state index contributed by atoms with van der Waals surface area (Å²) in [5, 5.41) is 4.10. The van der Waals surface area contributed by atoms with Crippen LogP contribution in [-0.2, 0) is 9.84 Å². The molecule has 0 unspecified atom stereocenters. The minimum atomic E-state index is -2.87. The van der Waals surface area contributed by atoms with Crippen LogP contribution in [0, 0.1) is 5.41 Å². The first-order chi connectivity index (χ1) is 9.05. The van der Waals surface area contributed by atoms with Crippen LogP contribution in [0.25, 0.3) is 0 Å². The third-order valence-corrected chi connectivity index (χ3v) is 7.13. The Balaban J connectivity index is 1.78. The van der Waals surface area contributed by atoms with Crippen molar-refractivity contribution in [3.8, 4) is 0 Å². The van der Waals surface area contributed by atoms with E-state index in [1.54, 1.807) is 18.7 Å². The van der Waals surface area contributed by atoms with Gasteiger partial charge in [-0.05, 0) is 18.3 Å². The Hall–Kier alpha value is -0.230. The second-order valence-corrected chi connectivity index (χ2v) is 9.07. The molecule has 1 aliphatic carbocycles. The van der Waals surface area contributed by atoms with Crippen molar-refractivity contribution >= 4 is 26.8 Å². The van der Waals surface area contributed by atoms with Gasteiger partial charge in [0.25, 0.3) is 0 Å². The fourth-order valence-electron chi connectivity index (χ4n) is 2.72. The van der Waals surface area contributed by atoms with Gasteiger partial charge in [-0.25, -0.2) is 8.42 Å². The van der Waals surface area contributed by atoms with E-state index in [4.69, 9.17) is 0 Å². The fourth-order valence-corrected chi connectivity index (χ4v) is 4.61. The number of thioether (sulfide) groups is 1. The van der Waals surface area contributed by atoms with Crippen molar-refractivity contribution in [1.29, 1.82) is 0 Å². The predicted octanol–water partition coefficient (Wildman–Crippen LogP) is 2.06. The highest BCUT2D eigenvalue weighted by atomic mass is 32.2. The van der Waals surface area contributed by atoms with Gasteiger partial charge >= 0.3 is 0 Å². The molecule has 0 atom stereocenters. The topological polar surface area (TPSA) is 58.5 Å². The van der Waals surface area contributed by atoms with Gasteiger partial charge in [-0.15, -0.1) is 0 Å². The first-order valence-electron chi connectivity index (χ1n) is 7.17. The van der Waals surface area contributed by atoms with E-state index in [1.165, 1.54) is 32.1 Å². The van der Waals surface area contributed by atoms with Crippen LogP contribution in [0.15, 0.2) is 4.99 Å². The molecule has 1 N–H and O–H groups in total. The normalized spacial score (nSPS) is 23.1. The van der Waals surface area contributed by atoms with E-state index in [2.05, 4.69) is 10.3 Å². The Kier molecular flexibility index (Phi) is 5.17. The molecule has 2 rings (SSSR count). The Morgan fingerprint density at radius 1 is 1.32 bits per heavy atom. The summed E-state index contributed by atoms with van der Waals surface area (Å²) in [4.78, 5) is 4.63. The van der Waals surface area contributed by atoms with Gasteiger partial charge in [-0.3, -0.25) is 4.99 Å². The minimum Gasteiger partial charge on any atom is -0.364 e. The number of rotatable bonds is 4. The lowest BCUT2D eigenvalue weighted by atomic mass is 9.75. The van der Waals surface area contributed by atoms with Gasteiger partial charge < -0.3 is 5.32 Å². The highest BCUT2D eigenvalue weighted by Crippen LogP contribution is 2.41. The van der Waals surface area contributed by atoms with E-state index in [0.29, 0.717) is 12.0 Å². The SMILES string of the molecule is CCS(=O)(=O)CCNC1=NCC2(CCCCC2)CS1. The zero-order valence-corrected chi connectivity index (χ0v) is 13.3. The van der Waals surface area contributed by atoms with Crippen LogP contribution in [0.2, 0.25) is 0 Å². The largest absolute Gasteiger partial charge is 0.364 e. The lowest BCUT2D eigenvalue weighted by Gasteiger charge is -2.38. The quantitative estimate of drug-likeness (QED) is 0.864. The molecule has 1 saturated carbocycles. The summed E-state index contributed by atoms with van der Waals surface area (Å²) in [5.41, 5.74) is 0.434. The third-order valence-electron chi connectivity index (χ3n) is 4.12. The second kappa shape index (κ2) is 6.48. The summed E-state index contributed by atoms with van der Waals surface area (Å²) in [6, 6.07) is 0. The van der Waals surface area contributed by atoms with E-state index < -0.39 is 9.84 Å². The van der Waals surface area contributed by atoms with Crippen LogP contribution in [0.3, 0.4) is 0 Å². The molecule has 0 aromatic heterocycles. The van der Waals surface area contributed by atoms with Crippen molar-refractivity contribution in [3.63, 3.8) is 0 Å². The van der Waals surface area contributed by atoms with Crippen molar-refractivity contribution in [2.45, 2.75) is 39.0 Å². The zero-order chi connectivity index (χ0) is 13.8. The van der Waals surface area contributed by atoms with Crippen molar-refractivity contribution in [2.75, 3.05) is 30.3 Å². The Labute approximate surface area is 120 Å². The average Bonchev–Trinajstić information content (AvgIpc) is 2.42. The summed E-state index contributed by atoms with van der Waals surface area (Å²) < 4.78 is 22.8. The maximum absolute atomic E-state index is 11.4. The number of nitrogens with zero attached hydrogens (tertiary/aromatic N) is 1. The maximum Gasteiger partial charge on any atom is 0.156 e. The molecule has 0 amide bonds. The molecule has 1 aliphatic heterocycles. The number of nitrogens with one attached hydrogen (secondary N) is 1. The van der Waals surface area contributed by atoms with Gasteiger partial charge in [0.1, 0.15) is 0 Å². The smallest absolute Gasteiger partial charge is 0.156 e. The molecular weight excluding hydrogens is 280 g/mol. The minimum absolute atomic E-state index is 0.203. The van der Waals surface area contributed by atoms with Crippen LogP contribution < -0.4 is 5.32 Å². The summed E-state index contributed by atoms with van der Waals surface area (Å²) in [6.07, 6.45) is 6.67. The first kappa shape index (κ1) is 15.2. The molecule has 0 aromatic rings. The van der Waals surface area contributed by atoms with Gasteiger partial charge in [-0.1, -0.05) is 37.9 Å². The first-order valence-corrected chi connectivity index (χ1v) is 9.98. The molecule has 110 valence electrons. The molecule has 1 spiro atoms. The van der Waals surface area contributed by atoms with E-state index >= 15 is 0 Å². The Bertz CT molecular complexity index is 426. The van der Waals surface area contributed by atoms with Crippen LogP contribution in [-0.4, -0.2) is 43.9 Å². The second-order valence-electron chi connectivity index (χ2n) is 5.63. The number of hydrogen-bond acceptors (Lipinski definition) is 5. The highest BCUT2D eigenvalue weighted by molar-refractivity contribution is 8.13. The van der Waals surface area contributed by atoms with Crippen molar-refractivity contribution in [2.24, 2.45) is 10.4 Å². The molecule has 1 fully saturated rings. The van der Waals surface area contributed by atoms with E-state index in [0.717, 1.165) is 17.5 Å². The van der Waals surface area contributed by atoms with Gasteiger partial charge in [0.05, 0.1) is 5.75 Å². The van der Waals surface area contributed by atoms with Gasteiger partial charge in [-0.2, -0.15) is 0 Å². The fraction of sp³-hybridized carbons (Fsp3) is 0.923. The summed E-state index contributed by atoms with van der Waals surface area (Å²) in [6.45, 7) is 3.09. The Morgan fingerprint density at radius 3 is 2.63 bits per heavy atom. The van der Waals surface area contributed by atoms with Crippen LogP contribution in [0.4, 0.5) is 0 Å². The van der Waals surface area contributed by atoms with Gasteiger partial charge in [0, 0.05) is 24.6 Å². The van der Waals surface area contributed by atoms with E-state index in [-0.39, 0.29) is 11.5 Å². The average molecular weight is 304 g/mol. The number of aliphatic imine (C=N–C) groups is 1. The lowest BCUT2D eigenvalue weighted by molar-refractivity contribution is 0.232. The van der Waals surface area contributed by atoms with Crippen LogP contribution >= 0.6 is 11.8 Å². The van der Waals surface area contributed by atoms with Gasteiger partial charge in [0.2, 0.25) is 0 Å². The third kappa shape index (κ3) is 4.38. The van der Waals surface area contributed by atoms with Crippen molar-refractivity contribution < 1.29 is 8.42 Å². The molecule has 0 radical (unpaired) electrons. The van der Waals surface area contributed by atoms with Crippen molar-refractivity contribution in [1.82, 2.24) is 5.32 Å². The zero-order valence-electron chi connectivity index (χ0n) is 11.7. The molecule has 19 heavy (non-hydrogen) atoms. The molecule has 0 aromatic carbocycles.